The molecule has 31 heavy (non-hydrogen) atoms. The van der Waals surface area contributed by atoms with E-state index in [1.54, 1.807) is 20.8 Å². The van der Waals surface area contributed by atoms with Crippen molar-refractivity contribution in [1.29, 1.82) is 0 Å². The molecular formula is C20H21N3O7S. The largest absolute Gasteiger partial charge is 0.462 e. The first-order valence-electron chi connectivity index (χ1n) is 9.23. The van der Waals surface area contributed by atoms with Gasteiger partial charge in [-0.15, -0.1) is 0 Å². The average Bonchev–Trinajstić information content (AvgIpc) is 3.02. The molecule has 1 aromatic carbocycles. The summed E-state index contributed by atoms with van der Waals surface area (Å²) in [7, 11) is -3.48. The lowest BCUT2D eigenvalue weighted by atomic mass is 10.1. The average molecular weight is 447 g/mol. The van der Waals surface area contributed by atoms with Crippen molar-refractivity contribution < 1.29 is 31.9 Å². The second kappa shape index (κ2) is 8.34. The first-order valence-corrected chi connectivity index (χ1v) is 11.1. The summed E-state index contributed by atoms with van der Waals surface area (Å²) in [5.41, 5.74) is 6.85. The number of carbonyl (C=O) groups excluding carboxylic acids is 2. The van der Waals surface area contributed by atoms with Crippen LogP contribution in [0.25, 0.3) is 11.1 Å². The highest BCUT2D eigenvalue weighted by Gasteiger charge is 2.24. The van der Waals surface area contributed by atoms with Crippen LogP contribution in [-0.4, -0.2) is 43.2 Å². The van der Waals surface area contributed by atoms with Crippen molar-refractivity contribution in [3.05, 3.63) is 46.5 Å². The maximum Gasteiger partial charge on any atom is 0.342 e. The van der Waals surface area contributed by atoms with Crippen LogP contribution < -0.4 is 5.73 Å². The van der Waals surface area contributed by atoms with E-state index in [9.17, 15) is 18.0 Å². The number of rotatable bonds is 6. The molecule has 0 aliphatic heterocycles. The Hall–Kier alpha value is -3.47. The van der Waals surface area contributed by atoms with Crippen LogP contribution in [0.3, 0.4) is 0 Å². The fourth-order valence-corrected chi connectivity index (χ4v) is 3.60. The highest BCUT2D eigenvalue weighted by Crippen LogP contribution is 2.29. The van der Waals surface area contributed by atoms with Crippen molar-refractivity contribution in [3.8, 4) is 0 Å². The molecular weight excluding hydrogens is 426 g/mol. The maximum absolute atomic E-state index is 12.5. The lowest BCUT2D eigenvalue weighted by molar-refractivity contribution is 0.0460. The Morgan fingerprint density at radius 2 is 1.84 bits per heavy atom. The minimum atomic E-state index is -3.48. The number of hydrogen-bond donors (Lipinski definition) is 1. The summed E-state index contributed by atoms with van der Waals surface area (Å²) in [6.07, 6.45) is 1.05. The molecule has 0 spiro atoms. The van der Waals surface area contributed by atoms with Crippen LogP contribution in [0, 0.1) is 13.8 Å². The number of anilines is 1. The Morgan fingerprint density at radius 3 is 2.48 bits per heavy atom. The van der Waals surface area contributed by atoms with E-state index in [0.717, 1.165) is 6.26 Å². The fourth-order valence-electron chi connectivity index (χ4n) is 2.96. The zero-order valence-corrected chi connectivity index (χ0v) is 18.2. The molecule has 0 aliphatic carbocycles. The van der Waals surface area contributed by atoms with Gasteiger partial charge in [0.2, 0.25) is 5.71 Å². The van der Waals surface area contributed by atoms with Crippen LogP contribution in [0.15, 0.2) is 27.5 Å². The van der Waals surface area contributed by atoms with E-state index in [1.165, 1.54) is 18.2 Å². The number of benzene rings is 1. The van der Waals surface area contributed by atoms with Gasteiger partial charge >= 0.3 is 11.9 Å². The lowest BCUT2D eigenvalue weighted by Gasteiger charge is -2.09. The molecule has 0 saturated carbocycles. The number of aryl methyl sites for hydroxylation is 2. The number of hydrogen-bond acceptors (Lipinski definition) is 10. The summed E-state index contributed by atoms with van der Waals surface area (Å²) in [6.45, 7) is 4.75. The molecule has 0 amide bonds. The molecule has 2 heterocycles. The molecule has 0 fully saturated rings. The maximum atomic E-state index is 12.5. The fraction of sp³-hybridized carbons (Fsp3) is 0.300. The van der Waals surface area contributed by atoms with Crippen LogP contribution in [0.4, 0.5) is 5.82 Å². The van der Waals surface area contributed by atoms with Gasteiger partial charge in [0.25, 0.3) is 0 Å². The van der Waals surface area contributed by atoms with Gasteiger partial charge in [-0.3, -0.25) is 0 Å². The van der Waals surface area contributed by atoms with Gasteiger partial charge < -0.3 is 19.6 Å². The Balaban J connectivity index is 1.87. The number of nitrogen functional groups attached to an aromatic ring is 1. The molecule has 10 nitrogen and oxygen atoms in total. The molecule has 0 radical (unpaired) electrons. The van der Waals surface area contributed by atoms with Crippen molar-refractivity contribution in [3.63, 3.8) is 0 Å². The van der Waals surface area contributed by atoms with Gasteiger partial charge in [-0.25, -0.2) is 23.0 Å². The second-order valence-corrected chi connectivity index (χ2v) is 8.80. The minimum absolute atomic E-state index is 0.00418. The molecule has 11 heteroatoms. The van der Waals surface area contributed by atoms with Crippen LogP contribution >= 0.6 is 0 Å². The minimum Gasteiger partial charge on any atom is -0.462 e. The summed E-state index contributed by atoms with van der Waals surface area (Å²) in [4.78, 5) is 32.9. The molecule has 3 rings (SSSR count). The first-order chi connectivity index (χ1) is 14.5. The Kier molecular flexibility index (Phi) is 5.98. The van der Waals surface area contributed by atoms with Gasteiger partial charge in [0, 0.05) is 6.26 Å². The molecule has 2 N–H and O–H groups in total. The van der Waals surface area contributed by atoms with Gasteiger partial charge in [0.1, 0.15) is 17.1 Å². The SMILES string of the molecule is CCOC(=O)c1c(C)oc2nc(COC(=O)c3cc(S(C)(=O)=O)ccc3C)nc(N)c12. The number of aromatic nitrogens is 2. The molecule has 0 atom stereocenters. The third kappa shape index (κ3) is 4.50. The van der Waals surface area contributed by atoms with Crippen molar-refractivity contribution in [2.24, 2.45) is 0 Å². The predicted molar refractivity (Wildman–Crippen MR) is 110 cm³/mol. The number of esters is 2. The molecule has 164 valence electrons. The summed E-state index contributed by atoms with van der Waals surface area (Å²) in [5.74, 6) is -1.04. The topological polar surface area (TPSA) is 152 Å². The Morgan fingerprint density at radius 1 is 1.13 bits per heavy atom. The molecule has 3 aromatic rings. The number of fused-ring (bicyclic) bond motifs is 1. The summed E-state index contributed by atoms with van der Waals surface area (Å²) >= 11 is 0. The van der Waals surface area contributed by atoms with E-state index in [0.29, 0.717) is 5.56 Å². The van der Waals surface area contributed by atoms with E-state index in [1.807, 2.05) is 0 Å². The summed E-state index contributed by atoms with van der Waals surface area (Å²) in [6, 6.07) is 4.20. The molecule has 0 aliphatic rings. The number of nitrogens with two attached hydrogens (primary N) is 1. The van der Waals surface area contributed by atoms with E-state index in [4.69, 9.17) is 19.6 Å². The Bertz CT molecular complexity index is 1300. The van der Waals surface area contributed by atoms with Crippen molar-refractivity contribution in [1.82, 2.24) is 9.97 Å². The van der Waals surface area contributed by atoms with Crippen LogP contribution in [0.5, 0.6) is 0 Å². The zero-order valence-electron chi connectivity index (χ0n) is 17.4. The summed E-state index contributed by atoms with van der Waals surface area (Å²) in [5, 5.41) is 0.225. The van der Waals surface area contributed by atoms with E-state index < -0.39 is 21.8 Å². The van der Waals surface area contributed by atoms with E-state index >= 15 is 0 Å². The zero-order chi connectivity index (χ0) is 22.9. The first kappa shape index (κ1) is 22.2. The van der Waals surface area contributed by atoms with Crippen LogP contribution in [-0.2, 0) is 25.9 Å². The normalized spacial score (nSPS) is 11.5. The number of carbonyl (C=O) groups is 2. The predicted octanol–water partition coefficient (Wildman–Crippen LogP) is 2.36. The standard InChI is InChI=1S/C20H21N3O7S/c1-5-28-20(25)15-11(3)30-18-16(15)17(21)22-14(23-18)9-29-19(24)13-8-12(31(4,26)27)7-6-10(13)2/h6-8H,5,9H2,1-4H3,(H2,21,22,23). The molecule has 0 bridgehead atoms. The van der Waals surface area contributed by atoms with Crippen molar-refractivity contribution in [2.45, 2.75) is 32.3 Å². The number of furan rings is 1. The van der Waals surface area contributed by atoms with Crippen molar-refractivity contribution in [2.75, 3.05) is 18.6 Å². The summed E-state index contributed by atoms with van der Waals surface area (Å²) < 4.78 is 39.3. The lowest BCUT2D eigenvalue weighted by Crippen LogP contribution is -2.11. The van der Waals surface area contributed by atoms with Crippen molar-refractivity contribution >= 4 is 38.7 Å². The Labute approximate surface area is 178 Å². The van der Waals surface area contributed by atoms with Crippen LogP contribution in [0.2, 0.25) is 0 Å². The molecule has 0 unspecified atom stereocenters. The monoisotopic (exact) mass is 447 g/mol. The van der Waals surface area contributed by atoms with E-state index in [-0.39, 0.29) is 57.7 Å². The van der Waals surface area contributed by atoms with Gasteiger partial charge in [-0.05, 0) is 38.5 Å². The van der Waals surface area contributed by atoms with Crippen LogP contribution in [0.1, 0.15) is 44.8 Å². The van der Waals surface area contributed by atoms with Gasteiger partial charge in [0.05, 0.1) is 22.5 Å². The highest BCUT2D eigenvalue weighted by molar-refractivity contribution is 7.90. The third-order valence-electron chi connectivity index (χ3n) is 4.47. The molecule has 0 saturated heterocycles. The molecule has 2 aromatic heterocycles. The number of sulfone groups is 1. The highest BCUT2D eigenvalue weighted by atomic mass is 32.2. The van der Waals surface area contributed by atoms with Gasteiger partial charge in [0.15, 0.2) is 22.3 Å². The van der Waals surface area contributed by atoms with E-state index in [2.05, 4.69) is 9.97 Å². The van der Waals surface area contributed by atoms with Gasteiger partial charge in [-0.1, -0.05) is 6.07 Å². The smallest absolute Gasteiger partial charge is 0.342 e. The van der Waals surface area contributed by atoms with Gasteiger partial charge in [-0.2, -0.15) is 4.98 Å². The quantitative estimate of drug-likeness (QED) is 0.557. The number of nitrogens with zero attached hydrogens (tertiary/aromatic N) is 2. The third-order valence-corrected chi connectivity index (χ3v) is 5.58. The second-order valence-electron chi connectivity index (χ2n) is 6.78. The number of ether oxygens (including phenoxy) is 2.